The van der Waals surface area contributed by atoms with Gasteiger partial charge in [0.1, 0.15) is 5.82 Å². The van der Waals surface area contributed by atoms with Crippen LogP contribution in [0.5, 0.6) is 0 Å². The first-order chi connectivity index (χ1) is 7.22. The summed E-state index contributed by atoms with van der Waals surface area (Å²) in [4.78, 5) is 0. The maximum absolute atomic E-state index is 13.0. The Labute approximate surface area is 97.2 Å². The van der Waals surface area contributed by atoms with Crippen LogP contribution in [0.1, 0.15) is 18.9 Å². The lowest BCUT2D eigenvalue weighted by molar-refractivity contribution is 0.629. The summed E-state index contributed by atoms with van der Waals surface area (Å²) in [6, 6.07) is 8.94. The van der Waals surface area contributed by atoms with Crippen LogP contribution < -0.4 is 0 Å². The van der Waals surface area contributed by atoms with E-state index in [9.17, 15) is 4.39 Å². The Morgan fingerprint density at radius 1 is 1.20 bits per heavy atom. The summed E-state index contributed by atoms with van der Waals surface area (Å²) in [5.74, 6) is -0.183. The van der Waals surface area contributed by atoms with Crippen molar-refractivity contribution in [2.75, 3.05) is 0 Å². The molecule has 0 nitrogen and oxygen atoms in total. The predicted octanol–water partition coefficient (Wildman–Crippen LogP) is 4.69. The highest BCUT2D eigenvalue weighted by molar-refractivity contribution is 9.10. The molecule has 0 atom stereocenters. The van der Waals surface area contributed by atoms with Crippen LogP contribution >= 0.6 is 15.9 Å². The normalized spacial score (nSPS) is 10.9. The van der Waals surface area contributed by atoms with Gasteiger partial charge >= 0.3 is 0 Å². The first-order valence-electron chi connectivity index (χ1n) is 5.09. The van der Waals surface area contributed by atoms with E-state index in [0.29, 0.717) is 0 Å². The van der Waals surface area contributed by atoms with Crippen molar-refractivity contribution in [1.29, 1.82) is 0 Å². The predicted molar refractivity (Wildman–Crippen MR) is 65.6 cm³/mol. The SMILES string of the molecule is CCCc1ccc2cc(F)ccc2c1Br. The van der Waals surface area contributed by atoms with Gasteiger partial charge in [0, 0.05) is 4.47 Å². The van der Waals surface area contributed by atoms with E-state index in [0.717, 1.165) is 28.1 Å². The number of aryl methyl sites for hydroxylation is 1. The molecule has 0 N–H and O–H groups in total. The summed E-state index contributed by atoms with van der Waals surface area (Å²) in [5, 5.41) is 2.03. The highest BCUT2D eigenvalue weighted by Crippen LogP contribution is 2.29. The van der Waals surface area contributed by atoms with E-state index < -0.39 is 0 Å². The second-order valence-electron chi connectivity index (χ2n) is 3.65. The van der Waals surface area contributed by atoms with Crippen molar-refractivity contribution >= 4 is 26.7 Å². The Bertz CT molecular complexity index is 491. The Morgan fingerprint density at radius 3 is 2.73 bits per heavy atom. The second-order valence-corrected chi connectivity index (χ2v) is 4.45. The molecule has 0 spiro atoms. The molecule has 0 saturated heterocycles. The van der Waals surface area contributed by atoms with Crippen LogP contribution in [0.2, 0.25) is 0 Å². The average molecular weight is 267 g/mol. The Hall–Kier alpha value is -0.890. The van der Waals surface area contributed by atoms with Crippen molar-refractivity contribution in [2.45, 2.75) is 19.8 Å². The van der Waals surface area contributed by atoms with Gasteiger partial charge in [-0.1, -0.05) is 31.5 Å². The maximum Gasteiger partial charge on any atom is 0.123 e. The minimum Gasteiger partial charge on any atom is -0.207 e. The summed E-state index contributed by atoms with van der Waals surface area (Å²) < 4.78 is 14.1. The standard InChI is InChI=1S/C13H12BrF/c1-2-3-9-4-5-10-8-11(15)6-7-12(10)13(9)14/h4-8H,2-3H2,1H3. The fraction of sp³-hybridized carbons (Fsp3) is 0.231. The van der Waals surface area contributed by atoms with Gasteiger partial charge in [-0.15, -0.1) is 0 Å². The molecule has 0 heterocycles. The van der Waals surface area contributed by atoms with Gasteiger partial charge in [-0.05, 0) is 50.8 Å². The third-order valence-electron chi connectivity index (χ3n) is 2.52. The van der Waals surface area contributed by atoms with E-state index in [-0.39, 0.29) is 5.82 Å². The second kappa shape index (κ2) is 4.31. The number of halogens is 2. The molecule has 0 aromatic heterocycles. The molecule has 2 aromatic rings. The van der Waals surface area contributed by atoms with E-state index in [4.69, 9.17) is 0 Å². The van der Waals surface area contributed by atoms with Crippen molar-refractivity contribution in [3.8, 4) is 0 Å². The van der Waals surface area contributed by atoms with Crippen LogP contribution in [0, 0.1) is 5.82 Å². The lowest BCUT2D eigenvalue weighted by Crippen LogP contribution is -1.87. The third-order valence-corrected chi connectivity index (χ3v) is 3.45. The van der Waals surface area contributed by atoms with Crippen molar-refractivity contribution in [3.05, 3.63) is 46.2 Å². The molecule has 78 valence electrons. The number of benzene rings is 2. The van der Waals surface area contributed by atoms with E-state index in [2.05, 4.69) is 28.9 Å². The largest absolute Gasteiger partial charge is 0.207 e. The molecule has 0 aliphatic carbocycles. The molecule has 15 heavy (non-hydrogen) atoms. The van der Waals surface area contributed by atoms with Crippen molar-refractivity contribution < 1.29 is 4.39 Å². The van der Waals surface area contributed by atoms with Gasteiger partial charge in [-0.2, -0.15) is 0 Å². The van der Waals surface area contributed by atoms with Gasteiger partial charge in [-0.3, -0.25) is 0 Å². The molecule has 2 heteroatoms. The highest BCUT2D eigenvalue weighted by atomic mass is 79.9. The van der Waals surface area contributed by atoms with Gasteiger partial charge in [-0.25, -0.2) is 4.39 Å². The van der Waals surface area contributed by atoms with Crippen molar-refractivity contribution in [2.24, 2.45) is 0 Å². The fourth-order valence-corrected chi connectivity index (χ4v) is 2.46. The first-order valence-corrected chi connectivity index (χ1v) is 5.88. The molecule has 2 rings (SSSR count). The summed E-state index contributed by atoms with van der Waals surface area (Å²) in [5.41, 5.74) is 1.29. The molecular weight excluding hydrogens is 255 g/mol. The Kier molecular flexibility index (Phi) is 3.06. The fourth-order valence-electron chi connectivity index (χ4n) is 1.77. The zero-order valence-corrected chi connectivity index (χ0v) is 10.1. The molecular formula is C13H12BrF. The Balaban J connectivity index is 2.63. The molecule has 0 unspecified atom stereocenters. The minimum atomic E-state index is -0.183. The minimum absolute atomic E-state index is 0.183. The quantitative estimate of drug-likeness (QED) is 0.740. The van der Waals surface area contributed by atoms with Gasteiger partial charge < -0.3 is 0 Å². The third kappa shape index (κ3) is 2.05. The molecule has 0 fully saturated rings. The van der Waals surface area contributed by atoms with Crippen LogP contribution in [0.25, 0.3) is 10.8 Å². The summed E-state index contributed by atoms with van der Waals surface area (Å²) in [7, 11) is 0. The number of rotatable bonds is 2. The zero-order chi connectivity index (χ0) is 10.8. The molecule has 0 amide bonds. The van der Waals surface area contributed by atoms with Gasteiger partial charge in [0.2, 0.25) is 0 Å². The highest BCUT2D eigenvalue weighted by Gasteiger charge is 2.04. The molecule has 0 aliphatic heterocycles. The molecule has 2 aromatic carbocycles. The summed E-state index contributed by atoms with van der Waals surface area (Å²) >= 11 is 3.58. The Morgan fingerprint density at radius 2 is 2.00 bits per heavy atom. The topological polar surface area (TPSA) is 0 Å². The zero-order valence-electron chi connectivity index (χ0n) is 8.56. The molecule has 0 radical (unpaired) electrons. The van der Waals surface area contributed by atoms with E-state index >= 15 is 0 Å². The van der Waals surface area contributed by atoms with Crippen LogP contribution in [0.15, 0.2) is 34.8 Å². The van der Waals surface area contributed by atoms with Crippen LogP contribution in [0.4, 0.5) is 4.39 Å². The van der Waals surface area contributed by atoms with E-state index in [1.54, 1.807) is 6.07 Å². The average Bonchev–Trinajstić information content (AvgIpc) is 2.22. The number of hydrogen-bond donors (Lipinski definition) is 0. The van der Waals surface area contributed by atoms with Gasteiger partial charge in [0.15, 0.2) is 0 Å². The van der Waals surface area contributed by atoms with Gasteiger partial charge in [0.05, 0.1) is 0 Å². The van der Waals surface area contributed by atoms with Crippen LogP contribution in [-0.2, 0) is 6.42 Å². The van der Waals surface area contributed by atoms with Crippen LogP contribution in [0.3, 0.4) is 0 Å². The van der Waals surface area contributed by atoms with Crippen molar-refractivity contribution in [3.63, 3.8) is 0 Å². The monoisotopic (exact) mass is 266 g/mol. The lowest BCUT2D eigenvalue weighted by atomic mass is 10.0. The molecule has 0 bridgehead atoms. The number of hydrogen-bond acceptors (Lipinski definition) is 0. The first kappa shape index (κ1) is 10.6. The smallest absolute Gasteiger partial charge is 0.123 e. The van der Waals surface area contributed by atoms with Gasteiger partial charge in [0.25, 0.3) is 0 Å². The van der Waals surface area contributed by atoms with E-state index in [1.165, 1.54) is 11.6 Å². The van der Waals surface area contributed by atoms with Crippen LogP contribution in [-0.4, -0.2) is 0 Å². The summed E-state index contributed by atoms with van der Waals surface area (Å²) in [6.07, 6.45) is 2.17. The maximum atomic E-state index is 13.0. The summed E-state index contributed by atoms with van der Waals surface area (Å²) in [6.45, 7) is 2.15. The van der Waals surface area contributed by atoms with E-state index in [1.807, 2.05) is 12.1 Å². The lowest BCUT2D eigenvalue weighted by Gasteiger charge is -2.06. The van der Waals surface area contributed by atoms with Crippen molar-refractivity contribution in [1.82, 2.24) is 0 Å². The molecule has 0 aliphatic rings. The molecule has 0 saturated carbocycles. The number of fused-ring (bicyclic) bond motifs is 1.